The maximum Gasteiger partial charge on any atom is 0.387 e. The van der Waals surface area contributed by atoms with Gasteiger partial charge in [-0.3, -0.25) is 0 Å². The molecule has 1 rings (SSSR count). The number of ether oxygens (including phenoxy) is 1. The predicted molar refractivity (Wildman–Crippen MR) is 53.0 cm³/mol. The Balaban J connectivity index is 2.81. The van der Waals surface area contributed by atoms with Gasteiger partial charge in [0.2, 0.25) is 6.54 Å². The molecule has 0 saturated carbocycles. The third-order valence-corrected chi connectivity index (χ3v) is 1.98. The van der Waals surface area contributed by atoms with Crippen molar-refractivity contribution in [3.63, 3.8) is 0 Å². The van der Waals surface area contributed by atoms with Crippen LogP contribution in [-0.2, 0) is 6.42 Å². The number of halogens is 2. The summed E-state index contributed by atoms with van der Waals surface area (Å²) in [5, 5.41) is 0. The van der Waals surface area contributed by atoms with Crippen molar-refractivity contribution >= 4 is 0 Å². The topological polar surface area (TPSA) is 13.6 Å². The Bertz CT molecular complexity index is 371. The lowest BCUT2D eigenvalue weighted by atomic mass is 10.1. The Hall–Kier alpha value is -1.63. The van der Waals surface area contributed by atoms with Crippen molar-refractivity contribution in [2.75, 3.05) is 6.54 Å². The van der Waals surface area contributed by atoms with Crippen molar-refractivity contribution in [2.45, 2.75) is 20.0 Å². The summed E-state index contributed by atoms with van der Waals surface area (Å²) in [5.41, 5.74) is 1.51. The summed E-state index contributed by atoms with van der Waals surface area (Å²) in [6.07, 6.45) is 0.559. The van der Waals surface area contributed by atoms with Gasteiger partial charge in [0, 0.05) is 6.42 Å². The van der Waals surface area contributed by atoms with Crippen LogP contribution < -0.4 is 4.74 Å². The maximum absolute atomic E-state index is 12.0. The summed E-state index contributed by atoms with van der Waals surface area (Å²) < 4.78 is 28.4. The molecule has 0 aliphatic heterocycles. The molecular weight excluding hydrogens is 200 g/mol. The summed E-state index contributed by atoms with van der Waals surface area (Å²) in [4.78, 5) is 3.21. The Labute approximate surface area is 87.3 Å². The Morgan fingerprint density at radius 2 is 2.20 bits per heavy atom. The van der Waals surface area contributed by atoms with Gasteiger partial charge in [-0.15, -0.1) is 0 Å². The third-order valence-electron chi connectivity index (χ3n) is 1.98. The monoisotopic (exact) mass is 211 g/mol. The first-order valence-electron chi connectivity index (χ1n) is 4.51. The van der Waals surface area contributed by atoms with Crippen molar-refractivity contribution in [3.8, 4) is 5.75 Å². The van der Waals surface area contributed by atoms with E-state index in [4.69, 9.17) is 6.57 Å². The normalized spacial score (nSPS) is 10.1. The Kier molecular flexibility index (Phi) is 4.04. The molecule has 0 radical (unpaired) electrons. The quantitative estimate of drug-likeness (QED) is 0.698. The van der Waals surface area contributed by atoms with E-state index < -0.39 is 6.61 Å². The molecule has 0 N–H and O–H groups in total. The zero-order valence-corrected chi connectivity index (χ0v) is 8.34. The van der Waals surface area contributed by atoms with Crippen LogP contribution >= 0.6 is 0 Å². The van der Waals surface area contributed by atoms with Gasteiger partial charge in [-0.2, -0.15) is 8.78 Å². The van der Waals surface area contributed by atoms with Crippen LogP contribution in [0.5, 0.6) is 5.75 Å². The second-order valence-corrected chi connectivity index (χ2v) is 3.11. The molecule has 0 saturated heterocycles. The molecule has 0 aliphatic carbocycles. The highest BCUT2D eigenvalue weighted by Crippen LogP contribution is 2.21. The molecule has 0 heterocycles. The van der Waals surface area contributed by atoms with E-state index in [2.05, 4.69) is 9.58 Å². The lowest BCUT2D eigenvalue weighted by Gasteiger charge is -2.08. The summed E-state index contributed by atoms with van der Waals surface area (Å²) in [6, 6.07) is 5.10. The number of aryl methyl sites for hydroxylation is 1. The molecule has 15 heavy (non-hydrogen) atoms. The number of hydrogen-bond donors (Lipinski definition) is 0. The van der Waals surface area contributed by atoms with E-state index in [9.17, 15) is 8.78 Å². The van der Waals surface area contributed by atoms with Gasteiger partial charge in [-0.05, 0) is 24.1 Å². The zero-order chi connectivity index (χ0) is 11.3. The standard InChI is InChI=1S/C11H11F2NO/c1-8-3-4-9(5-6-14-2)7-10(8)15-11(12)13/h3-4,7,11H,5-6H2,1H3. The fourth-order valence-electron chi connectivity index (χ4n) is 1.21. The van der Waals surface area contributed by atoms with E-state index in [1.165, 1.54) is 0 Å². The molecule has 80 valence electrons. The fourth-order valence-corrected chi connectivity index (χ4v) is 1.21. The zero-order valence-electron chi connectivity index (χ0n) is 8.34. The van der Waals surface area contributed by atoms with E-state index in [-0.39, 0.29) is 5.75 Å². The van der Waals surface area contributed by atoms with Crippen LogP contribution in [0.3, 0.4) is 0 Å². The van der Waals surface area contributed by atoms with Crippen molar-refractivity contribution in [3.05, 3.63) is 40.7 Å². The molecule has 0 aromatic heterocycles. The average molecular weight is 211 g/mol. The predicted octanol–water partition coefficient (Wildman–Crippen LogP) is 3.06. The summed E-state index contributed by atoms with van der Waals surface area (Å²) >= 11 is 0. The van der Waals surface area contributed by atoms with Crippen molar-refractivity contribution in [1.29, 1.82) is 0 Å². The SMILES string of the molecule is [C-]#[N+]CCc1ccc(C)c(OC(F)F)c1. The largest absolute Gasteiger partial charge is 0.435 e. The first kappa shape index (κ1) is 11.4. The van der Waals surface area contributed by atoms with Gasteiger partial charge in [0.05, 0.1) is 0 Å². The van der Waals surface area contributed by atoms with E-state index in [1.54, 1.807) is 19.1 Å². The van der Waals surface area contributed by atoms with E-state index in [0.717, 1.165) is 5.56 Å². The molecule has 0 spiro atoms. The van der Waals surface area contributed by atoms with Crippen LogP contribution in [0.15, 0.2) is 18.2 Å². The minimum Gasteiger partial charge on any atom is -0.435 e. The van der Waals surface area contributed by atoms with Crippen LogP contribution in [0.25, 0.3) is 4.85 Å². The molecule has 0 unspecified atom stereocenters. The highest BCUT2D eigenvalue weighted by molar-refractivity contribution is 5.36. The van der Waals surface area contributed by atoms with Crippen molar-refractivity contribution in [2.24, 2.45) is 0 Å². The van der Waals surface area contributed by atoms with Crippen LogP contribution in [0.1, 0.15) is 11.1 Å². The number of alkyl halides is 2. The van der Waals surface area contributed by atoms with Crippen LogP contribution in [0.2, 0.25) is 0 Å². The second-order valence-electron chi connectivity index (χ2n) is 3.11. The van der Waals surface area contributed by atoms with Crippen LogP contribution in [0, 0.1) is 13.5 Å². The average Bonchev–Trinajstić information content (AvgIpc) is 2.18. The van der Waals surface area contributed by atoms with Gasteiger partial charge in [-0.1, -0.05) is 12.1 Å². The van der Waals surface area contributed by atoms with Crippen molar-refractivity contribution in [1.82, 2.24) is 0 Å². The Morgan fingerprint density at radius 3 is 2.80 bits per heavy atom. The van der Waals surface area contributed by atoms with Gasteiger partial charge >= 0.3 is 6.61 Å². The molecule has 0 bridgehead atoms. The van der Waals surface area contributed by atoms with E-state index in [1.807, 2.05) is 6.07 Å². The number of hydrogen-bond acceptors (Lipinski definition) is 1. The lowest BCUT2D eigenvalue weighted by Crippen LogP contribution is -2.04. The fraction of sp³-hybridized carbons (Fsp3) is 0.364. The minimum atomic E-state index is -2.81. The molecule has 0 fully saturated rings. The molecule has 4 heteroatoms. The highest BCUT2D eigenvalue weighted by atomic mass is 19.3. The van der Waals surface area contributed by atoms with Gasteiger partial charge < -0.3 is 9.58 Å². The van der Waals surface area contributed by atoms with Crippen LogP contribution in [-0.4, -0.2) is 13.2 Å². The van der Waals surface area contributed by atoms with Gasteiger partial charge in [0.25, 0.3) is 0 Å². The Morgan fingerprint density at radius 1 is 1.47 bits per heavy atom. The molecule has 0 aliphatic rings. The number of rotatable bonds is 4. The molecule has 2 nitrogen and oxygen atoms in total. The van der Waals surface area contributed by atoms with E-state index in [0.29, 0.717) is 18.5 Å². The van der Waals surface area contributed by atoms with Gasteiger partial charge in [-0.25, -0.2) is 6.57 Å². The van der Waals surface area contributed by atoms with Crippen molar-refractivity contribution < 1.29 is 13.5 Å². The minimum absolute atomic E-state index is 0.187. The summed E-state index contributed by atoms with van der Waals surface area (Å²) in [6.45, 7) is 5.89. The number of benzene rings is 1. The number of nitrogens with zero attached hydrogens (tertiary/aromatic N) is 1. The molecular formula is C11H11F2NO. The van der Waals surface area contributed by atoms with Gasteiger partial charge in [0.1, 0.15) is 5.75 Å². The highest BCUT2D eigenvalue weighted by Gasteiger charge is 2.08. The summed E-state index contributed by atoms with van der Waals surface area (Å²) in [5.74, 6) is 0.187. The molecule has 1 aromatic rings. The summed E-state index contributed by atoms with van der Waals surface area (Å²) in [7, 11) is 0. The molecule has 0 atom stereocenters. The maximum atomic E-state index is 12.0. The van der Waals surface area contributed by atoms with Crippen LogP contribution in [0.4, 0.5) is 8.78 Å². The smallest absolute Gasteiger partial charge is 0.387 e. The molecule has 1 aromatic carbocycles. The van der Waals surface area contributed by atoms with E-state index >= 15 is 0 Å². The lowest BCUT2D eigenvalue weighted by molar-refractivity contribution is -0.0503. The first-order chi connectivity index (χ1) is 7.13. The molecule has 0 amide bonds. The second kappa shape index (κ2) is 5.30. The first-order valence-corrected chi connectivity index (χ1v) is 4.51. The van der Waals surface area contributed by atoms with Gasteiger partial charge in [0.15, 0.2) is 0 Å². The third kappa shape index (κ3) is 3.55.